The van der Waals surface area contributed by atoms with Gasteiger partial charge in [0.15, 0.2) is 5.65 Å². The Morgan fingerprint density at radius 2 is 2.15 bits per heavy atom. The van der Waals surface area contributed by atoms with Crippen molar-refractivity contribution in [2.45, 2.75) is 19.9 Å². The van der Waals surface area contributed by atoms with Gasteiger partial charge in [-0.15, -0.1) is 0 Å². The number of rotatable bonds is 2. The maximum Gasteiger partial charge on any atom is 0.231 e. The lowest BCUT2D eigenvalue weighted by Gasteiger charge is -2.10. The second kappa shape index (κ2) is 6.18. The van der Waals surface area contributed by atoms with E-state index in [-0.39, 0.29) is 6.04 Å². The smallest absolute Gasteiger partial charge is 0.231 e. The average Bonchev–Trinajstić information content (AvgIpc) is 3.04. The molecule has 1 aliphatic rings. The molecule has 27 heavy (non-hydrogen) atoms. The summed E-state index contributed by atoms with van der Waals surface area (Å²) < 4.78 is 2.63. The fourth-order valence-electron chi connectivity index (χ4n) is 3.29. The molecule has 0 aliphatic carbocycles. The van der Waals surface area contributed by atoms with Gasteiger partial charge >= 0.3 is 0 Å². The molecule has 0 amide bonds. The van der Waals surface area contributed by atoms with Crippen LogP contribution in [-0.4, -0.2) is 25.4 Å². The maximum atomic E-state index is 12.1. The van der Waals surface area contributed by atoms with E-state index in [1.165, 1.54) is 0 Å². The van der Waals surface area contributed by atoms with Gasteiger partial charge in [-0.3, -0.25) is 0 Å². The zero-order valence-electron chi connectivity index (χ0n) is 14.9. The van der Waals surface area contributed by atoms with Crippen molar-refractivity contribution < 1.29 is 4.76 Å². The minimum atomic E-state index is -0.306. The number of nitriles is 1. The molecule has 0 saturated carbocycles. The molecule has 3 heterocycles. The summed E-state index contributed by atoms with van der Waals surface area (Å²) in [4.78, 5) is 16.6. The number of benzene rings is 1. The van der Waals surface area contributed by atoms with Gasteiger partial charge in [0, 0.05) is 41.4 Å². The first-order chi connectivity index (χ1) is 13.0. The van der Waals surface area contributed by atoms with Gasteiger partial charge < -0.3 is 5.73 Å². The summed E-state index contributed by atoms with van der Waals surface area (Å²) in [5, 5.41) is 13.9. The molecular weight excluding hydrogens is 340 g/mol. The molecule has 7 heteroatoms. The van der Waals surface area contributed by atoms with Crippen LogP contribution in [0.4, 0.5) is 5.82 Å². The molecular formula is C20H17N6O+. The topological polar surface area (TPSA) is 100 Å². The van der Waals surface area contributed by atoms with Crippen molar-refractivity contribution in [2.24, 2.45) is 0 Å². The highest BCUT2D eigenvalue weighted by Crippen LogP contribution is 2.35. The largest absolute Gasteiger partial charge is 0.384 e. The molecule has 0 spiro atoms. The van der Waals surface area contributed by atoms with Crippen molar-refractivity contribution in [3.05, 3.63) is 70.4 Å². The molecule has 132 valence electrons. The van der Waals surface area contributed by atoms with Gasteiger partial charge in [-0.05, 0) is 29.8 Å². The summed E-state index contributed by atoms with van der Waals surface area (Å²) in [5.41, 5.74) is 10.8. The van der Waals surface area contributed by atoms with E-state index in [1.807, 2.05) is 31.2 Å². The summed E-state index contributed by atoms with van der Waals surface area (Å²) >= 11 is 0. The number of nitroso groups, excluding NO2 is 1. The van der Waals surface area contributed by atoms with Gasteiger partial charge in [0.05, 0.1) is 17.2 Å². The Labute approximate surface area is 155 Å². The van der Waals surface area contributed by atoms with Gasteiger partial charge in [-0.1, -0.05) is 12.1 Å². The minimum Gasteiger partial charge on any atom is -0.384 e. The lowest BCUT2D eigenvalue weighted by atomic mass is 9.96. The van der Waals surface area contributed by atoms with E-state index < -0.39 is 0 Å². The van der Waals surface area contributed by atoms with Crippen LogP contribution in [0.2, 0.25) is 0 Å². The van der Waals surface area contributed by atoms with E-state index >= 15 is 0 Å². The zero-order valence-corrected chi connectivity index (χ0v) is 14.9. The SMILES string of the molecule is CC1=CC(c2c(-c3cccc(C#N)c3)nn3ccc(N)nc23)=CC(C)[N+]1=O. The van der Waals surface area contributed by atoms with Crippen molar-refractivity contribution in [1.82, 2.24) is 14.6 Å². The molecule has 3 aromatic rings. The third-order valence-electron chi connectivity index (χ3n) is 4.56. The highest BCUT2D eigenvalue weighted by molar-refractivity contribution is 5.91. The Morgan fingerprint density at radius 3 is 2.89 bits per heavy atom. The summed E-state index contributed by atoms with van der Waals surface area (Å²) in [6.45, 7) is 3.62. The number of nitrogen functional groups attached to an aromatic ring is 1. The zero-order chi connectivity index (χ0) is 19.1. The quantitative estimate of drug-likeness (QED) is 0.709. The Hall–Kier alpha value is -3.79. The Balaban J connectivity index is 2.03. The molecule has 7 nitrogen and oxygen atoms in total. The summed E-state index contributed by atoms with van der Waals surface area (Å²) in [6.07, 6.45) is 5.47. The monoisotopic (exact) mass is 357 g/mol. The first-order valence-corrected chi connectivity index (χ1v) is 8.50. The van der Waals surface area contributed by atoms with E-state index in [1.54, 1.807) is 35.8 Å². The third kappa shape index (κ3) is 2.77. The molecule has 0 radical (unpaired) electrons. The van der Waals surface area contributed by atoms with Gasteiger partial charge in [-0.25, -0.2) is 9.50 Å². The van der Waals surface area contributed by atoms with E-state index in [0.29, 0.717) is 28.4 Å². The molecule has 2 aromatic heterocycles. The molecule has 1 aromatic carbocycles. The Kier molecular flexibility index (Phi) is 3.81. The van der Waals surface area contributed by atoms with Crippen molar-refractivity contribution in [3.63, 3.8) is 0 Å². The number of aromatic nitrogens is 3. The highest BCUT2D eigenvalue weighted by atomic mass is 16.3. The lowest BCUT2D eigenvalue weighted by Crippen LogP contribution is -2.20. The number of fused-ring (bicyclic) bond motifs is 1. The summed E-state index contributed by atoms with van der Waals surface area (Å²) in [6, 6.07) is 10.8. The van der Waals surface area contributed by atoms with E-state index in [9.17, 15) is 10.2 Å². The van der Waals surface area contributed by atoms with Crippen LogP contribution in [0.15, 0.2) is 54.4 Å². The number of allylic oxidation sites excluding steroid dienone is 3. The number of anilines is 1. The number of nitrogens with zero attached hydrogens (tertiary/aromatic N) is 5. The van der Waals surface area contributed by atoms with E-state index in [0.717, 1.165) is 21.5 Å². The van der Waals surface area contributed by atoms with E-state index in [4.69, 9.17) is 5.73 Å². The van der Waals surface area contributed by atoms with Gasteiger partial charge in [0.2, 0.25) is 11.7 Å². The fourth-order valence-corrected chi connectivity index (χ4v) is 3.29. The Morgan fingerprint density at radius 1 is 1.33 bits per heavy atom. The van der Waals surface area contributed by atoms with E-state index in [2.05, 4.69) is 16.2 Å². The first kappa shape index (κ1) is 16.7. The molecule has 1 unspecified atom stereocenters. The second-order valence-corrected chi connectivity index (χ2v) is 6.51. The first-order valence-electron chi connectivity index (χ1n) is 8.50. The normalized spacial score (nSPS) is 16.8. The summed E-state index contributed by atoms with van der Waals surface area (Å²) in [7, 11) is 0. The number of nitrogens with two attached hydrogens (primary N) is 1. The summed E-state index contributed by atoms with van der Waals surface area (Å²) in [5.74, 6) is 0.386. The van der Waals surface area contributed by atoms with Crippen LogP contribution in [0.25, 0.3) is 22.5 Å². The predicted octanol–water partition coefficient (Wildman–Crippen LogP) is 3.32. The number of hydrogen-bond acceptors (Lipinski definition) is 5. The molecule has 4 rings (SSSR count). The standard InChI is InChI=1S/C20H17N6O/c1-12-8-16(9-13(2)26(12)27)18-19(15-5-3-4-14(10-15)11-21)24-25-7-6-17(22)23-20(18)25/h3-10,12H,1-2H3,(H2,22,23)/q+1. The van der Waals surface area contributed by atoms with Crippen LogP contribution in [-0.2, 0) is 0 Å². The maximum absolute atomic E-state index is 12.1. The van der Waals surface area contributed by atoms with Crippen molar-refractivity contribution >= 4 is 17.0 Å². The van der Waals surface area contributed by atoms with Crippen molar-refractivity contribution in [2.75, 3.05) is 5.73 Å². The number of hydrogen-bond donors (Lipinski definition) is 1. The highest BCUT2D eigenvalue weighted by Gasteiger charge is 2.29. The average molecular weight is 357 g/mol. The van der Waals surface area contributed by atoms with Crippen molar-refractivity contribution in [3.8, 4) is 17.3 Å². The van der Waals surface area contributed by atoms with Crippen LogP contribution in [0.5, 0.6) is 0 Å². The van der Waals surface area contributed by atoms with Gasteiger partial charge in [-0.2, -0.15) is 10.4 Å². The molecule has 1 atom stereocenters. The Bertz CT molecular complexity index is 1190. The predicted molar refractivity (Wildman–Crippen MR) is 102 cm³/mol. The molecule has 0 saturated heterocycles. The minimum absolute atomic E-state index is 0.306. The van der Waals surface area contributed by atoms with Crippen LogP contribution in [0.1, 0.15) is 25.0 Å². The molecule has 0 fully saturated rings. The van der Waals surface area contributed by atoms with Crippen LogP contribution < -0.4 is 5.73 Å². The van der Waals surface area contributed by atoms with Crippen LogP contribution in [0, 0.1) is 16.2 Å². The van der Waals surface area contributed by atoms with Crippen LogP contribution in [0.3, 0.4) is 0 Å². The lowest BCUT2D eigenvalue weighted by molar-refractivity contribution is -0.523. The fraction of sp³-hybridized carbons (Fsp3) is 0.150. The van der Waals surface area contributed by atoms with Crippen molar-refractivity contribution in [1.29, 1.82) is 5.26 Å². The molecule has 1 aliphatic heterocycles. The van der Waals surface area contributed by atoms with Crippen LogP contribution >= 0.6 is 0 Å². The second-order valence-electron chi connectivity index (χ2n) is 6.51. The molecule has 0 bridgehead atoms. The van der Waals surface area contributed by atoms with Gasteiger partial charge in [0.1, 0.15) is 11.5 Å². The van der Waals surface area contributed by atoms with Gasteiger partial charge in [0.25, 0.3) is 0 Å². The molecule has 2 N–H and O–H groups in total. The third-order valence-corrected chi connectivity index (χ3v) is 4.56.